The highest BCUT2D eigenvalue weighted by Crippen LogP contribution is 2.36. The van der Waals surface area contributed by atoms with Crippen LogP contribution in [0.2, 0.25) is 0 Å². The second-order valence-corrected chi connectivity index (χ2v) is 7.20. The third-order valence-corrected chi connectivity index (χ3v) is 5.33. The summed E-state index contributed by atoms with van der Waals surface area (Å²) in [6, 6.07) is 0. The van der Waals surface area contributed by atoms with Crippen molar-refractivity contribution in [3.8, 4) is 0 Å². The SMILES string of the molecule is CCCNCC1(CN(CC)CC2CCCO2)CCCCC1. The number of rotatable bonds is 9. The standard InChI is InChI=1S/C18H36N2O/c1-3-12-19-15-18(10-6-5-7-11-18)16-20(4-2)14-17-9-8-13-21-17/h17,19H,3-16H2,1-2H3. The molecule has 1 atom stereocenters. The summed E-state index contributed by atoms with van der Waals surface area (Å²) < 4.78 is 5.85. The molecule has 0 spiro atoms. The zero-order chi connectivity index (χ0) is 15.0. The summed E-state index contributed by atoms with van der Waals surface area (Å²) in [5.41, 5.74) is 0.516. The molecule has 0 bridgehead atoms. The van der Waals surface area contributed by atoms with E-state index in [0.29, 0.717) is 11.5 Å². The zero-order valence-electron chi connectivity index (χ0n) is 14.3. The van der Waals surface area contributed by atoms with Gasteiger partial charge in [0.2, 0.25) is 0 Å². The molecule has 21 heavy (non-hydrogen) atoms. The molecule has 3 heteroatoms. The molecule has 0 aromatic heterocycles. The van der Waals surface area contributed by atoms with Crippen molar-refractivity contribution in [1.82, 2.24) is 10.2 Å². The minimum Gasteiger partial charge on any atom is -0.377 e. The van der Waals surface area contributed by atoms with Crippen LogP contribution in [0.4, 0.5) is 0 Å². The molecular formula is C18H36N2O. The second kappa shape index (κ2) is 9.12. The van der Waals surface area contributed by atoms with Crippen LogP contribution < -0.4 is 5.32 Å². The monoisotopic (exact) mass is 296 g/mol. The number of nitrogens with zero attached hydrogens (tertiary/aromatic N) is 1. The molecule has 1 aliphatic heterocycles. The highest BCUT2D eigenvalue weighted by atomic mass is 16.5. The van der Waals surface area contributed by atoms with Gasteiger partial charge in [-0.25, -0.2) is 0 Å². The van der Waals surface area contributed by atoms with Gasteiger partial charge in [0.25, 0.3) is 0 Å². The maximum absolute atomic E-state index is 5.85. The Hall–Kier alpha value is -0.120. The Labute approximate surface area is 131 Å². The van der Waals surface area contributed by atoms with E-state index in [1.165, 1.54) is 71.0 Å². The predicted octanol–water partition coefficient (Wildman–Crippen LogP) is 3.44. The topological polar surface area (TPSA) is 24.5 Å². The summed E-state index contributed by atoms with van der Waals surface area (Å²) in [7, 11) is 0. The highest BCUT2D eigenvalue weighted by molar-refractivity contribution is 4.88. The van der Waals surface area contributed by atoms with Crippen LogP contribution in [-0.2, 0) is 4.74 Å². The molecule has 1 heterocycles. The average Bonchev–Trinajstić information content (AvgIpc) is 3.01. The van der Waals surface area contributed by atoms with E-state index in [-0.39, 0.29) is 0 Å². The first-order valence-electron chi connectivity index (χ1n) is 9.33. The van der Waals surface area contributed by atoms with Gasteiger partial charge in [-0.2, -0.15) is 0 Å². The fourth-order valence-corrected chi connectivity index (χ4v) is 4.08. The van der Waals surface area contributed by atoms with Crippen LogP contribution in [-0.4, -0.2) is 50.3 Å². The molecule has 0 radical (unpaired) electrons. The molecule has 0 aromatic carbocycles. The van der Waals surface area contributed by atoms with E-state index >= 15 is 0 Å². The fourth-order valence-electron chi connectivity index (χ4n) is 4.08. The Morgan fingerprint density at radius 2 is 1.95 bits per heavy atom. The van der Waals surface area contributed by atoms with Crippen LogP contribution >= 0.6 is 0 Å². The van der Waals surface area contributed by atoms with Crippen molar-refractivity contribution in [3.63, 3.8) is 0 Å². The number of likely N-dealkylation sites (N-methyl/N-ethyl adjacent to an activating group) is 1. The molecule has 0 aromatic rings. The van der Waals surface area contributed by atoms with Gasteiger partial charge in [0.1, 0.15) is 0 Å². The number of nitrogens with one attached hydrogen (secondary N) is 1. The molecule has 2 rings (SSSR count). The lowest BCUT2D eigenvalue weighted by Gasteiger charge is -2.42. The van der Waals surface area contributed by atoms with Gasteiger partial charge in [0.05, 0.1) is 6.10 Å². The summed E-state index contributed by atoms with van der Waals surface area (Å²) in [5, 5.41) is 3.71. The molecular weight excluding hydrogens is 260 g/mol. The van der Waals surface area contributed by atoms with Crippen LogP contribution in [0.5, 0.6) is 0 Å². The molecule has 0 amide bonds. The zero-order valence-corrected chi connectivity index (χ0v) is 14.3. The van der Waals surface area contributed by atoms with E-state index in [1.807, 2.05) is 0 Å². The van der Waals surface area contributed by atoms with Crippen LogP contribution in [0.25, 0.3) is 0 Å². The summed E-state index contributed by atoms with van der Waals surface area (Å²) >= 11 is 0. The lowest BCUT2D eigenvalue weighted by Crippen LogP contribution is -2.47. The van der Waals surface area contributed by atoms with Crippen LogP contribution in [0, 0.1) is 5.41 Å². The van der Waals surface area contributed by atoms with E-state index in [2.05, 4.69) is 24.1 Å². The fraction of sp³-hybridized carbons (Fsp3) is 1.00. The van der Waals surface area contributed by atoms with Gasteiger partial charge in [0, 0.05) is 26.2 Å². The normalized spacial score (nSPS) is 25.6. The van der Waals surface area contributed by atoms with Gasteiger partial charge in [-0.3, -0.25) is 0 Å². The van der Waals surface area contributed by atoms with Crippen LogP contribution in [0.15, 0.2) is 0 Å². The van der Waals surface area contributed by atoms with Crippen molar-refractivity contribution < 1.29 is 4.74 Å². The second-order valence-electron chi connectivity index (χ2n) is 7.20. The Bertz CT molecular complexity index is 270. The average molecular weight is 296 g/mol. The largest absolute Gasteiger partial charge is 0.377 e. The van der Waals surface area contributed by atoms with Crippen molar-refractivity contribution in [2.75, 3.05) is 39.3 Å². The molecule has 1 unspecified atom stereocenters. The van der Waals surface area contributed by atoms with E-state index in [1.54, 1.807) is 0 Å². The molecule has 2 fully saturated rings. The van der Waals surface area contributed by atoms with E-state index in [4.69, 9.17) is 4.74 Å². The van der Waals surface area contributed by atoms with Crippen molar-refractivity contribution in [1.29, 1.82) is 0 Å². The summed E-state index contributed by atoms with van der Waals surface area (Å²) in [6.07, 6.45) is 11.3. The van der Waals surface area contributed by atoms with Crippen molar-refractivity contribution >= 4 is 0 Å². The molecule has 2 aliphatic rings. The summed E-state index contributed by atoms with van der Waals surface area (Å²) in [4.78, 5) is 2.66. The minimum atomic E-state index is 0.495. The molecule has 1 aliphatic carbocycles. The first-order valence-corrected chi connectivity index (χ1v) is 9.33. The summed E-state index contributed by atoms with van der Waals surface area (Å²) in [5.74, 6) is 0. The Morgan fingerprint density at radius 1 is 1.14 bits per heavy atom. The maximum Gasteiger partial charge on any atom is 0.0702 e. The smallest absolute Gasteiger partial charge is 0.0702 e. The third kappa shape index (κ3) is 5.54. The number of ether oxygens (including phenoxy) is 1. The summed E-state index contributed by atoms with van der Waals surface area (Å²) in [6.45, 7) is 11.5. The maximum atomic E-state index is 5.85. The molecule has 1 N–H and O–H groups in total. The van der Waals surface area contributed by atoms with Gasteiger partial charge < -0.3 is 15.0 Å². The Balaban J connectivity index is 1.87. The number of hydrogen-bond donors (Lipinski definition) is 1. The highest BCUT2D eigenvalue weighted by Gasteiger charge is 2.34. The van der Waals surface area contributed by atoms with Crippen molar-refractivity contribution in [2.45, 2.75) is 71.3 Å². The molecule has 3 nitrogen and oxygen atoms in total. The Kier molecular flexibility index (Phi) is 7.48. The van der Waals surface area contributed by atoms with Crippen molar-refractivity contribution in [3.05, 3.63) is 0 Å². The van der Waals surface area contributed by atoms with Crippen molar-refractivity contribution in [2.24, 2.45) is 5.41 Å². The van der Waals surface area contributed by atoms with Crippen LogP contribution in [0.3, 0.4) is 0 Å². The molecule has 124 valence electrons. The van der Waals surface area contributed by atoms with Gasteiger partial charge >= 0.3 is 0 Å². The minimum absolute atomic E-state index is 0.495. The van der Waals surface area contributed by atoms with Gasteiger partial charge in [-0.1, -0.05) is 33.1 Å². The predicted molar refractivity (Wildman–Crippen MR) is 89.8 cm³/mol. The van der Waals surface area contributed by atoms with E-state index in [0.717, 1.165) is 19.7 Å². The van der Waals surface area contributed by atoms with E-state index in [9.17, 15) is 0 Å². The lowest BCUT2D eigenvalue weighted by atomic mass is 9.73. The van der Waals surface area contributed by atoms with Gasteiger partial charge in [0.15, 0.2) is 0 Å². The third-order valence-electron chi connectivity index (χ3n) is 5.33. The first kappa shape index (κ1) is 17.2. The molecule has 1 saturated heterocycles. The van der Waals surface area contributed by atoms with Gasteiger partial charge in [-0.15, -0.1) is 0 Å². The van der Waals surface area contributed by atoms with E-state index < -0.39 is 0 Å². The van der Waals surface area contributed by atoms with Gasteiger partial charge in [-0.05, 0) is 50.6 Å². The Morgan fingerprint density at radius 3 is 2.57 bits per heavy atom. The molecule has 1 saturated carbocycles. The quantitative estimate of drug-likeness (QED) is 0.660. The lowest BCUT2D eigenvalue weighted by molar-refractivity contribution is 0.0447. The first-order chi connectivity index (χ1) is 10.3. The van der Waals surface area contributed by atoms with Crippen LogP contribution in [0.1, 0.15) is 65.2 Å². The number of hydrogen-bond acceptors (Lipinski definition) is 3.